The lowest BCUT2D eigenvalue weighted by Crippen LogP contribution is -2.01. The summed E-state index contributed by atoms with van der Waals surface area (Å²) in [5.74, 6) is -1.07. The number of nitrogens with zero attached hydrogens (tertiary/aromatic N) is 2. The Kier molecular flexibility index (Phi) is 3.26. The summed E-state index contributed by atoms with van der Waals surface area (Å²) in [6, 6.07) is 8.86. The van der Waals surface area contributed by atoms with Gasteiger partial charge in [-0.3, -0.25) is 0 Å². The number of aromatic nitrogens is 1. The quantitative estimate of drug-likeness (QED) is 0.885. The molecule has 0 aliphatic carbocycles. The Labute approximate surface area is 107 Å². The molecule has 0 radical (unpaired) electrons. The Hall–Kier alpha value is -2.39. The highest BCUT2D eigenvalue weighted by Crippen LogP contribution is 2.28. The molecule has 2 aromatic rings. The van der Waals surface area contributed by atoms with Crippen molar-refractivity contribution >= 4 is 28.0 Å². The standard InChI is InChI=1S/C12H9N3O2S/c1-7-14-10(12(16)17)11(18-7)15-9-4-2-3-8(5-9)6-13/h2-5,15H,1H3,(H,16,17). The molecule has 90 valence electrons. The van der Waals surface area contributed by atoms with Crippen LogP contribution in [0.25, 0.3) is 0 Å². The third kappa shape index (κ3) is 2.47. The number of hydrogen-bond donors (Lipinski definition) is 2. The van der Waals surface area contributed by atoms with Gasteiger partial charge in [-0.1, -0.05) is 6.07 Å². The summed E-state index contributed by atoms with van der Waals surface area (Å²) in [7, 11) is 0. The minimum absolute atomic E-state index is 0.000129. The van der Waals surface area contributed by atoms with Crippen molar-refractivity contribution < 1.29 is 9.90 Å². The number of rotatable bonds is 3. The van der Waals surface area contributed by atoms with Crippen molar-refractivity contribution in [3.63, 3.8) is 0 Å². The van der Waals surface area contributed by atoms with E-state index in [-0.39, 0.29) is 5.69 Å². The summed E-state index contributed by atoms with van der Waals surface area (Å²) in [6.45, 7) is 1.74. The van der Waals surface area contributed by atoms with Crippen molar-refractivity contribution in [2.45, 2.75) is 6.92 Å². The summed E-state index contributed by atoms with van der Waals surface area (Å²) in [4.78, 5) is 14.9. The van der Waals surface area contributed by atoms with Gasteiger partial charge >= 0.3 is 5.97 Å². The highest BCUT2D eigenvalue weighted by Gasteiger charge is 2.15. The van der Waals surface area contributed by atoms with E-state index >= 15 is 0 Å². The van der Waals surface area contributed by atoms with Crippen molar-refractivity contribution in [1.29, 1.82) is 5.26 Å². The Balaban J connectivity index is 2.34. The lowest BCUT2D eigenvalue weighted by Gasteiger charge is -2.04. The van der Waals surface area contributed by atoms with Gasteiger partial charge in [0.25, 0.3) is 0 Å². The number of carboxylic acid groups (broad SMARTS) is 1. The van der Waals surface area contributed by atoms with Crippen LogP contribution < -0.4 is 5.32 Å². The highest BCUT2D eigenvalue weighted by molar-refractivity contribution is 7.16. The van der Waals surface area contributed by atoms with E-state index in [1.165, 1.54) is 11.3 Å². The summed E-state index contributed by atoms with van der Waals surface area (Å²) in [6.07, 6.45) is 0. The van der Waals surface area contributed by atoms with Gasteiger partial charge in [0.1, 0.15) is 5.00 Å². The van der Waals surface area contributed by atoms with Gasteiger partial charge in [-0.2, -0.15) is 5.26 Å². The minimum Gasteiger partial charge on any atom is -0.476 e. The zero-order chi connectivity index (χ0) is 13.1. The fourth-order valence-electron chi connectivity index (χ4n) is 1.45. The van der Waals surface area contributed by atoms with Crippen molar-refractivity contribution in [1.82, 2.24) is 4.98 Å². The first kappa shape index (κ1) is 12.1. The van der Waals surface area contributed by atoms with Crippen LogP contribution in [0.4, 0.5) is 10.7 Å². The van der Waals surface area contributed by atoms with E-state index in [2.05, 4.69) is 10.3 Å². The number of nitrogens with one attached hydrogen (secondary N) is 1. The number of aryl methyl sites for hydroxylation is 1. The summed E-state index contributed by atoms with van der Waals surface area (Å²) < 4.78 is 0. The van der Waals surface area contributed by atoms with E-state index < -0.39 is 5.97 Å². The first-order chi connectivity index (χ1) is 8.60. The summed E-state index contributed by atoms with van der Waals surface area (Å²) >= 11 is 1.27. The molecule has 6 heteroatoms. The second-order valence-corrected chi connectivity index (χ2v) is 4.74. The molecular formula is C12H9N3O2S. The van der Waals surface area contributed by atoms with Gasteiger partial charge in [-0.15, -0.1) is 11.3 Å². The van der Waals surface area contributed by atoms with Crippen LogP contribution in [-0.4, -0.2) is 16.1 Å². The third-order valence-electron chi connectivity index (χ3n) is 2.19. The topological polar surface area (TPSA) is 86.0 Å². The molecule has 0 saturated carbocycles. The smallest absolute Gasteiger partial charge is 0.357 e. The molecule has 0 saturated heterocycles. The van der Waals surface area contributed by atoms with Crippen molar-refractivity contribution in [2.24, 2.45) is 0 Å². The largest absolute Gasteiger partial charge is 0.476 e. The molecule has 1 aromatic carbocycles. The zero-order valence-electron chi connectivity index (χ0n) is 9.47. The molecule has 0 bridgehead atoms. The molecular weight excluding hydrogens is 250 g/mol. The first-order valence-corrected chi connectivity index (χ1v) is 5.89. The molecule has 0 unspecified atom stereocenters. The molecule has 0 aliphatic heterocycles. The number of carbonyl (C=O) groups is 1. The van der Waals surface area contributed by atoms with Gasteiger partial charge in [0.2, 0.25) is 0 Å². The molecule has 2 rings (SSSR count). The molecule has 1 aromatic heterocycles. The maximum Gasteiger partial charge on any atom is 0.357 e. The maximum absolute atomic E-state index is 11.0. The zero-order valence-corrected chi connectivity index (χ0v) is 10.3. The number of benzene rings is 1. The van der Waals surface area contributed by atoms with Gasteiger partial charge in [0.15, 0.2) is 5.69 Å². The Morgan fingerprint density at radius 3 is 3.00 bits per heavy atom. The van der Waals surface area contributed by atoms with Crippen molar-refractivity contribution in [3.8, 4) is 6.07 Å². The van der Waals surface area contributed by atoms with Gasteiger partial charge in [-0.25, -0.2) is 9.78 Å². The molecule has 0 fully saturated rings. The Bertz CT molecular complexity index is 643. The number of nitriles is 1. The second-order valence-electron chi connectivity index (χ2n) is 3.53. The first-order valence-electron chi connectivity index (χ1n) is 5.08. The van der Waals surface area contributed by atoms with E-state index in [0.29, 0.717) is 21.3 Å². The van der Waals surface area contributed by atoms with E-state index in [1.54, 1.807) is 31.2 Å². The van der Waals surface area contributed by atoms with Gasteiger partial charge in [-0.05, 0) is 25.1 Å². The molecule has 0 spiro atoms. The lowest BCUT2D eigenvalue weighted by atomic mass is 10.2. The number of carboxylic acids is 1. The molecule has 0 atom stereocenters. The fraction of sp³-hybridized carbons (Fsp3) is 0.0833. The van der Waals surface area contributed by atoms with Gasteiger partial charge in [0.05, 0.1) is 16.6 Å². The number of thiazole rings is 1. The minimum atomic E-state index is -1.07. The van der Waals surface area contributed by atoms with Gasteiger partial charge < -0.3 is 10.4 Å². The number of aromatic carboxylic acids is 1. The van der Waals surface area contributed by atoms with Crippen LogP contribution in [0, 0.1) is 18.3 Å². The molecule has 5 nitrogen and oxygen atoms in total. The Morgan fingerprint density at radius 1 is 1.56 bits per heavy atom. The van der Waals surface area contributed by atoms with Crippen LogP contribution in [-0.2, 0) is 0 Å². The average Bonchev–Trinajstić information content (AvgIpc) is 2.70. The van der Waals surface area contributed by atoms with Crippen LogP contribution in [0.3, 0.4) is 0 Å². The molecule has 0 aliphatic rings. The monoisotopic (exact) mass is 259 g/mol. The van der Waals surface area contributed by atoms with Crippen LogP contribution in [0.1, 0.15) is 21.1 Å². The number of hydrogen-bond acceptors (Lipinski definition) is 5. The number of anilines is 2. The van der Waals surface area contributed by atoms with E-state index in [0.717, 1.165) is 0 Å². The predicted octanol–water partition coefficient (Wildman–Crippen LogP) is 2.77. The van der Waals surface area contributed by atoms with Crippen molar-refractivity contribution in [2.75, 3.05) is 5.32 Å². The van der Waals surface area contributed by atoms with Gasteiger partial charge in [0, 0.05) is 5.69 Å². The van der Waals surface area contributed by atoms with E-state index in [1.807, 2.05) is 6.07 Å². The summed E-state index contributed by atoms with van der Waals surface area (Å²) in [5.41, 5.74) is 1.18. The predicted molar refractivity (Wildman–Crippen MR) is 68.3 cm³/mol. The SMILES string of the molecule is Cc1nc(C(=O)O)c(Nc2cccc(C#N)c2)s1. The molecule has 0 amide bonds. The summed E-state index contributed by atoms with van der Waals surface area (Å²) in [5, 5.41) is 21.9. The van der Waals surface area contributed by atoms with E-state index in [4.69, 9.17) is 10.4 Å². The molecule has 2 N–H and O–H groups in total. The third-order valence-corrected chi connectivity index (χ3v) is 3.07. The molecule has 18 heavy (non-hydrogen) atoms. The van der Waals surface area contributed by atoms with E-state index in [9.17, 15) is 4.79 Å². The lowest BCUT2D eigenvalue weighted by molar-refractivity contribution is 0.0692. The van der Waals surface area contributed by atoms with Crippen LogP contribution in [0.5, 0.6) is 0 Å². The normalized spacial score (nSPS) is 9.78. The molecule has 1 heterocycles. The van der Waals surface area contributed by atoms with Crippen LogP contribution >= 0.6 is 11.3 Å². The Morgan fingerprint density at radius 2 is 2.33 bits per heavy atom. The van der Waals surface area contributed by atoms with Crippen LogP contribution in [0.2, 0.25) is 0 Å². The highest BCUT2D eigenvalue weighted by atomic mass is 32.1. The fourth-order valence-corrected chi connectivity index (χ4v) is 2.29. The van der Waals surface area contributed by atoms with Crippen molar-refractivity contribution in [3.05, 3.63) is 40.5 Å². The van der Waals surface area contributed by atoms with Crippen LogP contribution in [0.15, 0.2) is 24.3 Å². The second kappa shape index (κ2) is 4.85. The average molecular weight is 259 g/mol. The maximum atomic E-state index is 11.0.